The Kier molecular flexibility index (Phi) is 3.51. The molecule has 8 heteroatoms. The molecule has 1 aromatic rings. The summed E-state index contributed by atoms with van der Waals surface area (Å²) in [7, 11) is 1.29. The summed E-state index contributed by atoms with van der Waals surface area (Å²) in [4.78, 5) is 19.3. The maximum Gasteiger partial charge on any atom is 0.358 e. The Balaban J connectivity index is 1.65. The van der Waals surface area contributed by atoms with Gasteiger partial charge < -0.3 is 24.6 Å². The van der Waals surface area contributed by atoms with Gasteiger partial charge in [-0.15, -0.1) is 0 Å². The first kappa shape index (κ1) is 13.2. The molecule has 108 valence electrons. The number of esters is 1. The van der Waals surface area contributed by atoms with Crippen LogP contribution in [0.15, 0.2) is 12.4 Å². The van der Waals surface area contributed by atoms with Crippen molar-refractivity contribution in [2.75, 3.05) is 25.6 Å². The van der Waals surface area contributed by atoms with Gasteiger partial charge in [0.05, 0.1) is 38.8 Å². The van der Waals surface area contributed by atoms with Gasteiger partial charge in [0, 0.05) is 0 Å². The Labute approximate surface area is 115 Å². The van der Waals surface area contributed by atoms with Gasteiger partial charge in [0.15, 0.2) is 5.69 Å². The molecule has 8 nitrogen and oxygen atoms in total. The highest BCUT2D eigenvalue weighted by molar-refractivity contribution is 5.86. The van der Waals surface area contributed by atoms with E-state index in [1.807, 2.05) is 0 Å². The molecule has 0 spiro atoms. The summed E-state index contributed by atoms with van der Waals surface area (Å²) in [5.41, 5.74) is 0.145. The minimum absolute atomic E-state index is 0.101. The molecular formula is C12H15N3O5. The van der Waals surface area contributed by atoms with Crippen LogP contribution in [0, 0.1) is 0 Å². The third-order valence-corrected chi connectivity index (χ3v) is 3.41. The number of hydrogen-bond acceptors (Lipinski definition) is 8. The molecule has 1 aromatic heterocycles. The monoisotopic (exact) mass is 281 g/mol. The van der Waals surface area contributed by atoms with Crippen molar-refractivity contribution in [3.63, 3.8) is 0 Å². The van der Waals surface area contributed by atoms with E-state index in [0.717, 1.165) is 0 Å². The lowest BCUT2D eigenvalue weighted by Crippen LogP contribution is -2.36. The number of carbonyl (C=O) groups is 1. The number of aliphatic hydroxyl groups excluding tert-OH is 1. The zero-order valence-electron chi connectivity index (χ0n) is 10.9. The SMILES string of the molecule is COC(=O)c1cnc(N[C@@H]2CO[C@H]3[C@@H]2OC[C@H]3O)cn1. The van der Waals surface area contributed by atoms with Crippen molar-refractivity contribution < 1.29 is 24.1 Å². The van der Waals surface area contributed by atoms with Crippen molar-refractivity contribution in [2.45, 2.75) is 24.4 Å². The van der Waals surface area contributed by atoms with Gasteiger partial charge in [0.1, 0.15) is 24.1 Å². The molecule has 0 aromatic carbocycles. The van der Waals surface area contributed by atoms with Crippen LogP contribution < -0.4 is 5.32 Å². The first-order chi connectivity index (χ1) is 9.69. The van der Waals surface area contributed by atoms with Crippen molar-refractivity contribution in [3.8, 4) is 0 Å². The largest absolute Gasteiger partial charge is 0.464 e. The Morgan fingerprint density at radius 3 is 2.85 bits per heavy atom. The molecule has 20 heavy (non-hydrogen) atoms. The maximum atomic E-state index is 11.2. The molecular weight excluding hydrogens is 266 g/mol. The van der Waals surface area contributed by atoms with Crippen LogP contribution in [0.25, 0.3) is 0 Å². The van der Waals surface area contributed by atoms with Gasteiger partial charge in [-0.3, -0.25) is 0 Å². The molecule has 0 unspecified atom stereocenters. The third-order valence-electron chi connectivity index (χ3n) is 3.41. The number of aromatic nitrogens is 2. The second-order valence-corrected chi connectivity index (χ2v) is 4.69. The number of hydrogen-bond donors (Lipinski definition) is 2. The van der Waals surface area contributed by atoms with Gasteiger partial charge in [0.25, 0.3) is 0 Å². The van der Waals surface area contributed by atoms with Crippen molar-refractivity contribution in [1.82, 2.24) is 9.97 Å². The average Bonchev–Trinajstić information content (AvgIpc) is 3.03. The van der Waals surface area contributed by atoms with Gasteiger partial charge in [-0.25, -0.2) is 14.8 Å². The molecule has 4 atom stereocenters. The molecule has 0 amide bonds. The number of fused-ring (bicyclic) bond motifs is 1. The predicted molar refractivity (Wildman–Crippen MR) is 66.3 cm³/mol. The van der Waals surface area contributed by atoms with E-state index in [0.29, 0.717) is 12.4 Å². The molecule has 2 aliphatic rings. The van der Waals surface area contributed by atoms with Crippen LogP contribution in [0.5, 0.6) is 0 Å². The number of carbonyl (C=O) groups excluding carboxylic acids is 1. The van der Waals surface area contributed by atoms with E-state index in [-0.39, 0.29) is 30.6 Å². The van der Waals surface area contributed by atoms with E-state index in [1.165, 1.54) is 19.5 Å². The second-order valence-electron chi connectivity index (χ2n) is 4.69. The Bertz CT molecular complexity index is 494. The summed E-state index contributed by atoms with van der Waals surface area (Å²) in [6.07, 6.45) is 1.71. The molecule has 0 aliphatic carbocycles. The Morgan fingerprint density at radius 1 is 1.35 bits per heavy atom. The molecule has 0 radical (unpaired) electrons. The van der Waals surface area contributed by atoms with Crippen LogP contribution in [0.1, 0.15) is 10.5 Å². The zero-order valence-corrected chi connectivity index (χ0v) is 10.9. The third kappa shape index (κ3) is 2.33. The van der Waals surface area contributed by atoms with E-state index >= 15 is 0 Å². The van der Waals surface area contributed by atoms with E-state index in [2.05, 4.69) is 20.0 Å². The fourth-order valence-electron chi connectivity index (χ4n) is 2.41. The number of rotatable bonds is 3. The summed E-state index contributed by atoms with van der Waals surface area (Å²) in [6.45, 7) is 0.702. The maximum absolute atomic E-state index is 11.2. The van der Waals surface area contributed by atoms with Gasteiger partial charge in [-0.1, -0.05) is 0 Å². The fourth-order valence-corrected chi connectivity index (χ4v) is 2.41. The zero-order chi connectivity index (χ0) is 14.1. The lowest BCUT2D eigenvalue weighted by molar-refractivity contribution is 0.0184. The van der Waals surface area contributed by atoms with Crippen LogP contribution in [0.3, 0.4) is 0 Å². The van der Waals surface area contributed by atoms with Crippen LogP contribution >= 0.6 is 0 Å². The highest BCUT2D eigenvalue weighted by atomic mass is 16.6. The minimum Gasteiger partial charge on any atom is -0.464 e. The normalized spacial score (nSPS) is 31.9. The number of nitrogens with zero attached hydrogens (tertiary/aromatic N) is 2. The van der Waals surface area contributed by atoms with Crippen LogP contribution in [-0.4, -0.2) is 65.7 Å². The summed E-state index contributed by atoms with van der Waals surface area (Å²) in [5.74, 6) is -0.0209. The van der Waals surface area contributed by atoms with Crippen molar-refractivity contribution in [1.29, 1.82) is 0 Å². The van der Waals surface area contributed by atoms with Crippen molar-refractivity contribution in [2.24, 2.45) is 0 Å². The highest BCUT2D eigenvalue weighted by Gasteiger charge is 2.47. The molecule has 2 fully saturated rings. The Morgan fingerprint density at radius 2 is 2.15 bits per heavy atom. The van der Waals surface area contributed by atoms with Crippen LogP contribution in [0.4, 0.5) is 5.82 Å². The summed E-state index contributed by atoms with van der Waals surface area (Å²) in [6, 6.07) is -0.101. The lowest BCUT2D eigenvalue weighted by Gasteiger charge is -2.17. The number of anilines is 1. The standard InChI is InChI=1S/C12H15N3O5/c1-18-12(17)6-2-14-9(3-13-6)15-7-4-19-11-8(16)5-20-10(7)11/h2-3,7-8,10-11,16H,4-5H2,1H3,(H,14,15)/t7-,8-,10-,11-/m1/s1. The predicted octanol–water partition coefficient (Wildman–Crippen LogP) is -0.798. The number of methoxy groups -OCH3 is 1. The highest BCUT2D eigenvalue weighted by Crippen LogP contribution is 2.28. The van der Waals surface area contributed by atoms with Gasteiger partial charge in [-0.2, -0.15) is 0 Å². The number of ether oxygens (including phenoxy) is 3. The molecule has 3 rings (SSSR count). The average molecular weight is 281 g/mol. The topological polar surface area (TPSA) is 103 Å². The molecule has 0 saturated carbocycles. The van der Waals surface area contributed by atoms with E-state index in [4.69, 9.17) is 9.47 Å². The van der Waals surface area contributed by atoms with Crippen LogP contribution in [0.2, 0.25) is 0 Å². The fraction of sp³-hybridized carbons (Fsp3) is 0.583. The van der Waals surface area contributed by atoms with Crippen molar-refractivity contribution in [3.05, 3.63) is 18.1 Å². The van der Waals surface area contributed by atoms with Gasteiger partial charge in [-0.05, 0) is 0 Å². The lowest BCUT2D eigenvalue weighted by atomic mass is 10.1. The number of aliphatic hydroxyl groups is 1. The molecule has 0 bridgehead atoms. The van der Waals surface area contributed by atoms with E-state index in [1.54, 1.807) is 0 Å². The van der Waals surface area contributed by atoms with Crippen molar-refractivity contribution >= 4 is 11.8 Å². The minimum atomic E-state index is -0.584. The van der Waals surface area contributed by atoms with E-state index < -0.39 is 12.1 Å². The summed E-state index contributed by atoms with van der Waals surface area (Å²) < 4.78 is 15.5. The van der Waals surface area contributed by atoms with Crippen LogP contribution in [-0.2, 0) is 14.2 Å². The summed E-state index contributed by atoms with van der Waals surface area (Å²) in [5, 5.41) is 12.8. The molecule has 2 aliphatic heterocycles. The number of nitrogens with one attached hydrogen (secondary N) is 1. The Hall–Kier alpha value is -1.77. The first-order valence-electron chi connectivity index (χ1n) is 6.27. The van der Waals surface area contributed by atoms with Gasteiger partial charge in [0.2, 0.25) is 0 Å². The molecule has 2 N–H and O–H groups in total. The summed E-state index contributed by atoms with van der Waals surface area (Å²) >= 11 is 0. The molecule has 3 heterocycles. The second kappa shape index (κ2) is 5.31. The smallest absolute Gasteiger partial charge is 0.358 e. The van der Waals surface area contributed by atoms with E-state index in [9.17, 15) is 9.90 Å². The first-order valence-corrected chi connectivity index (χ1v) is 6.27. The van der Waals surface area contributed by atoms with Gasteiger partial charge >= 0.3 is 5.97 Å². The quantitative estimate of drug-likeness (QED) is 0.694. The molecule has 2 saturated heterocycles.